The Hall–Kier alpha value is -2.55. The number of hydrogen-bond donors (Lipinski definition) is 1. The Morgan fingerprint density at radius 3 is 2.85 bits per heavy atom. The van der Waals surface area contributed by atoms with Crippen molar-refractivity contribution in [2.75, 3.05) is 0 Å². The summed E-state index contributed by atoms with van der Waals surface area (Å²) in [7, 11) is 0. The van der Waals surface area contributed by atoms with Gasteiger partial charge in [-0.3, -0.25) is 10.1 Å². The molecule has 0 aliphatic heterocycles. The van der Waals surface area contributed by atoms with Gasteiger partial charge in [-0.2, -0.15) is 9.36 Å². The van der Waals surface area contributed by atoms with Crippen molar-refractivity contribution in [1.82, 2.24) is 9.36 Å². The highest BCUT2D eigenvalue weighted by atomic mass is 32.1. The zero-order valence-electron chi connectivity index (χ0n) is 10.3. The van der Waals surface area contributed by atoms with Gasteiger partial charge in [-0.1, -0.05) is 6.92 Å². The summed E-state index contributed by atoms with van der Waals surface area (Å²) in [6, 6.07) is 3.32. The van der Waals surface area contributed by atoms with Crippen LogP contribution < -0.4 is 4.74 Å². The molecule has 2 rings (SSSR count). The highest BCUT2D eigenvalue weighted by molar-refractivity contribution is 7.07. The second-order valence-corrected chi connectivity index (χ2v) is 4.39. The summed E-state index contributed by atoms with van der Waals surface area (Å²) in [5, 5.41) is 19.9. The number of benzene rings is 1. The Balaban J connectivity index is 2.39. The van der Waals surface area contributed by atoms with Gasteiger partial charge >= 0.3 is 11.7 Å². The third-order valence-electron chi connectivity index (χ3n) is 2.37. The predicted octanol–water partition coefficient (Wildman–Crippen LogP) is 2.50. The molecule has 0 atom stereocenters. The van der Waals surface area contributed by atoms with Gasteiger partial charge in [-0.05, 0) is 6.07 Å². The van der Waals surface area contributed by atoms with Gasteiger partial charge in [-0.25, -0.2) is 4.79 Å². The van der Waals surface area contributed by atoms with E-state index in [0.717, 1.165) is 29.7 Å². The van der Waals surface area contributed by atoms with E-state index in [1.807, 2.05) is 6.92 Å². The molecule has 1 aromatic heterocycles. The molecule has 0 saturated heterocycles. The molecule has 0 radical (unpaired) electrons. The molecule has 0 unspecified atom stereocenters. The highest BCUT2D eigenvalue weighted by Gasteiger charge is 2.20. The number of carboxylic acids is 1. The van der Waals surface area contributed by atoms with Crippen molar-refractivity contribution in [2.24, 2.45) is 0 Å². The van der Waals surface area contributed by atoms with Crippen LogP contribution in [0.25, 0.3) is 0 Å². The molecule has 0 saturated carbocycles. The predicted molar refractivity (Wildman–Crippen MR) is 69.4 cm³/mol. The molecule has 0 amide bonds. The molecule has 8 nitrogen and oxygen atoms in total. The van der Waals surface area contributed by atoms with Crippen molar-refractivity contribution >= 4 is 23.2 Å². The Labute approximate surface area is 117 Å². The fourth-order valence-electron chi connectivity index (χ4n) is 1.40. The topological polar surface area (TPSA) is 115 Å². The Kier molecular flexibility index (Phi) is 3.89. The number of nitrogens with zero attached hydrogens (tertiary/aromatic N) is 3. The van der Waals surface area contributed by atoms with E-state index in [1.165, 1.54) is 0 Å². The van der Waals surface area contributed by atoms with Crippen LogP contribution in [-0.4, -0.2) is 25.4 Å². The Morgan fingerprint density at radius 1 is 1.55 bits per heavy atom. The molecule has 0 aliphatic rings. The van der Waals surface area contributed by atoms with Crippen molar-refractivity contribution < 1.29 is 19.6 Å². The summed E-state index contributed by atoms with van der Waals surface area (Å²) in [6.45, 7) is 1.86. The van der Waals surface area contributed by atoms with Gasteiger partial charge < -0.3 is 9.84 Å². The first-order valence-corrected chi connectivity index (χ1v) is 6.30. The van der Waals surface area contributed by atoms with Gasteiger partial charge in [0.15, 0.2) is 0 Å². The third kappa shape index (κ3) is 2.88. The molecule has 1 heterocycles. The molecular formula is C11H9N3O5S. The summed E-state index contributed by atoms with van der Waals surface area (Å²) in [6.07, 6.45) is 0.608. The van der Waals surface area contributed by atoms with Crippen molar-refractivity contribution in [1.29, 1.82) is 0 Å². The molecule has 2 aromatic rings. The molecule has 104 valence electrons. The fourth-order valence-corrected chi connectivity index (χ4v) is 2.02. The molecule has 20 heavy (non-hydrogen) atoms. The maximum atomic E-state index is 10.9. The van der Waals surface area contributed by atoms with Crippen LogP contribution in [0.2, 0.25) is 0 Å². The monoisotopic (exact) mass is 295 g/mol. The number of ether oxygens (including phenoxy) is 1. The molecular weight excluding hydrogens is 286 g/mol. The van der Waals surface area contributed by atoms with Gasteiger partial charge in [0.2, 0.25) is 5.75 Å². The minimum absolute atomic E-state index is 0.106. The van der Waals surface area contributed by atoms with Crippen LogP contribution in [0.4, 0.5) is 5.69 Å². The van der Waals surface area contributed by atoms with Gasteiger partial charge in [0.1, 0.15) is 5.82 Å². The van der Waals surface area contributed by atoms with Gasteiger partial charge in [0.25, 0.3) is 5.19 Å². The van der Waals surface area contributed by atoms with E-state index in [0.29, 0.717) is 12.2 Å². The molecule has 0 spiro atoms. The fraction of sp³-hybridized carbons (Fsp3) is 0.182. The normalized spacial score (nSPS) is 10.2. The molecule has 9 heteroatoms. The molecule has 0 bridgehead atoms. The minimum Gasteiger partial charge on any atom is -0.478 e. The average molecular weight is 295 g/mol. The van der Waals surface area contributed by atoms with Crippen LogP contribution in [0.5, 0.6) is 10.9 Å². The number of nitro groups is 1. The van der Waals surface area contributed by atoms with Crippen LogP contribution >= 0.6 is 11.5 Å². The average Bonchev–Trinajstić information content (AvgIpc) is 2.86. The first kappa shape index (κ1) is 13.9. The number of carboxylic acid groups (broad SMARTS) is 1. The minimum atomic E-state index is -1.20. The molecule has 0 fully saturated rings. The number of aromatic nitrogens is 2. The number of aromatic carboxylic acids is 1. The van der Waals surface area contributed by atoms with E-state index in [1.54, 1.807) is 0 Å². The lowest BCUT2D eigenvalue weighted by Crippen LogP contribution is -1.99. The van der Waals surface area contributed by atoms with Crippen LogP contribution in [0.15, 0.2) is 18.2 Å². The molecule has 0 aliphatic carbocycles. The standard InChI is InChI=1S/C11H9N3O5S/c1-2-9-12-11(20-13-9)19-8-5-6(10(15)16)3-4-7(8)14(17)18/h3-5H,2H2,1H3,(H,15,16). The number of rotatable bonds is 5. The second kappa shape index (κ2) is 5.61. The van der Waals surface area contributed by atoms with E-state index in [-0.39, 0.29) is 22.2 Å². The first-order chi connectivity index (χ1) is 9.51. The lowest BCUT2D eigenvalue weighted by atomic mass is 10.2. The summed E-state index contributed by atoms with van der Waals surface area (Å²) in [5.41, 5.74) is -0.436. The third-order valence-corrected chi connectivity index (χ3v) is 3.00. The van der Waals surface area contributed by atoms with Crippen molar-refractivity contribution in [3.8, 4) is 10.9 Å². The van der Waals surface area contributed by atoms with E-state index >= 15 is 0 Å². The smallest absolute Gasteiger partial charge is 0.335 e. The Morgan fingerprint density at radius 2 is 2.30 bits per heavy atom. The van der Waals surface area contributed by atoms with Crippen molar-refractivity contribution in [2.45, 2.75) is 13.3 Å². The van der Waals surface area contributed by atoms with E-state index < -0.39 is 10.9 Å². The largest absolute Gasteiger partial charge is 0.478 e. The van der Waals surface area contributed by atoms with E-state index in [2.05, 4.69) is 9.36 Å². The summed E-state index contributed by atoms with van der Waals surface area (Å²) < 4.78 is 9.27. The molecule has 1 aromatic carbocycles. The van der Waals surface area contributed by atoms with Gasteiger partial charge in [-0.15, -0.1) is 0 Å². The SMILES string of the molecule is CCc1nsc(Oc2cc(C(=O)O)ccc2[N+](=O)[O-])n1. The number of nitro benzene ring substituents is 1. The summed E-state index contributed by atoms with van der Waals surface area (Å²) >= 11 is 0.950. The van der Waals surface area contributed by atoms with Gasteiger partial charge in [0, 0.05) is 30.1 Å². The lowest BCUT2D eigenvalue weighted by molar-refractivity contribution is -0.385. The van der Waals surface area contributed by atoms with Crippen molar-refractivity contribution in [3.63, 3.8) is 0 Å². The van der Waals surface area contributed by atoms with E-state index in [9.17, 15) is 14.9 Å². The van der Waals surface area contributed by atoms with Crippen LogP contribution in [0.3, 0.4) is 0 Å². The summed E-state index contributed by atoms with van der Waals surface area (Å²) in [5.74, 6) is -0.813. The van der Waals surface area contributed by atoms with Crippen LogP contribution in [0, 0.1) is 10.1 Å². The second-order valence-electron chi connectivity index (χ2n) is 3.68. The lowest BCUT2D eigenvalue weighted by Gasteiger charge is -2.03. The van der Waals surface area contributed by atoms with Crippen LogP contribution in [-0.2, 0) is 6.42 Å². The maximum Gasteiger partial charge on any atom is 0.335 e. The molecule has 1 N–H and O–H groups in total. The zero-order chi connectivity index (χ0) is 14.7. The maximum absolute atomic E-state index is 10.9. The zero-order valence-corrected chi connectivity index (χ0v) is 11.1. The van der Waals surface area contributed by atoms with Crippen molar-refractivity contribution in [3.05, 3.63) is 39.7 Å². The quantitative estimate of drug-likeness (QED) is 0.665. The number of hydrogen-bond acceptors (Lipinski definition) is 7. The number of carbonyl (C=O) groups is 1. The number of aryl methyl sites for hydroxylation is 1. The van der Waals surface area contributed by atoms with Crippen LogP contribution in [0.1, 0.15) is 23.1 Å². The highest BCUT2D eigenvalue weighted by Crippen LogP contribution is 2.33. The first-order valence-electron chi connectivity index (χ1n) is 5.53. The van der Waals surface area contributed by atoms with Gasteiger partial charge in [0.05, 0.1) is 10.5 Å². The Bertz CT molecular complexity index is 670. The summed E-state index contributed by atoms with van der Waals surface area (Å²) in [4.78, 5) is 25.2. The van der Waals surface area contributed by atoms with E-state index in [4.69, 9.17) is 9.84 Å².